The third-order valence-electron chi connectivity index (χ3n) is 2.51. The molecule has 16 heavy (non-hydrogen) atoms. The van der Waals surface area contributed by atoms with Gasteiger partial charge in [-0.15, -0.1) is 0 Å². The van der Waals surface area contributed by atoms with Crippen molar-refractivity contribution in [1.29, 1.82) is 0 Å². The minimum Gasteiger partial charge on any atom is -0.352 e. The highest BCUT2D eigenvalue weighted by molar-refractivity contribution is 6.30. The molecule has 0 spiro atoms. The highest BCUT2D eigenvalue weighted by Gasteiger charge is 2.12. The Balaban J connectivity index is 1.99. The van der Waals surface area contributed by atoms with E-state index in [1.807, 2.05) is 11.9 Å². The van der Waals surface area contributed by atoms with Crippen LogP contribution in [0.2, 0.25) is 5.02 Å². The highest BCUT2D eigenvalue weighted by Crippen LogP contribution is 2.14. The zero-order valence-corrected chi connectivity index (χ0v) is 9.76. The fourth-order valence-corrected chi connectivity index (χ4v) is 1.72. The molecule has 0 amide bonds. The molecule has 3 nitrogen and oxygen atoms in total. The normalized spacial score (nSPS) is 15.2. The Morgan fingerprint density at radius 2 is 2.38 bits per heavy atom. The number of guanidine groups is 1. The predicted octanol–water partition coefficient (Wildman–Crippen LogP) is 1.87. The number of aliphatic imine (C=N–C) groups is 1. The molecule has 0 unspecified atom stereocenters. The van der Waals surface area contributed by atoms with E-state index in [4.69, 9.17) is 11.6 Å². The van der Waals surface area contributed by atoms with Crippen LogP contribution >= 0.6 is 11.6 Å². The lowest BCUT2D eigenvalue weighted by atomic mass is 10.2. The predicted molar refractivity (Wildman–Crippen MR) is 63.2 cm³/mol. The van der Waals surface area contributed by atoms with Gasteiger partial charge >= 0.3 is 0 Å². The molecule has 1 aliphatic rings. The van der Waals surface area contributed by atoms with Gasteiger partial charge in [-0.2, -0.15) is 0 Å². The van der Waals surface area contributed by atoms with Crippen molar-refractivity contribution >= 4 is 17.6 Å². The van der Waals surface area contributed by atoms with Gasteiger partial charge in [0.2, 0.25) is 0 Å². The van der Waals surface area contributed by atoms with E-state index in [0.717, 1.165) is 19.0 Å². The smallest absolute Gasteiger partial charge is 0.194 e. The maximum atomic E-state index is 13.4. The molecule has 0 radical (unpaired) electrons. The van der Waals surface area contributed by atoms with Crippen molar-refractivity contribution in [1.82, 2.24) is 10.2 Å². The van der Waals surface area contributed by atoms with Gasteiger partial charge in [0.15, 0.2) is 5.96 Å². The summed E-state index contributed by atoms with van der Waals surface area (Å²) >= 11 is 5.68. The van der Waals surface area contributed by atoms with Crippen molar-refractivity contribution in [3.63, 3.8) is 0 Å². The monoisotopic (exact) mass is 241 g/mol. The van der Waals surface area contributed by atoms with E-state index in [2.05, 4.69) is 10.3 Å². The molecular formula is C11H13ClFN3. The van der Waals surface area contributed by atoms with Crippen LogP contribution in [0.4, 0.5) is 4.39 Å². The van der Waals surface area contributed by atoms with Crippen molar-refractivity contribution < 1.29 is 4.39 Å². The molecule has 1 aromatic rings. The maximum Gasteiger partial charge on any atom is 0.194 e. The van der Waals surface area contributed by atoms with E-state index < -0.39 is 0 Å². The topological polar surface area (TPSA) is 27.6 Å². The van der Waals surface area contributed by atoms with E-state index in [1.165, 1.54) is 6.07 Å². The summed E-state index contributed by atoms with van der Waals surface area (Å²) in [7, 11) is 1.96. The number of likely N-dealkylation sites (N-methyl/N-ethyl adjacent to an activating group) is 1. The molecule has 0 aromatic heterocycles. The van der Waals surface area contributed by atoms with Crippen molar-refractivity contribution in [3.8, 4) is 0 Å². The molecule has 0 bridgehead atoms. The summed E-state index contributed by atoms with van der Waals surface area (Å²) in [5, 5.41) is 3.51. The van der Waals surface area contributed by atoms with E-state index >= 15 is 0 Å². The highest BCUT2D eigenvalue weighted by atomic mass is 35.5. The Hall–Kier alpha value is -1.29. The molecule has 0 atom stereocenters. The quantitative estimate of drug-likeness (QED) is 0.856. The van der Waals surface area contributed by atoms with Crippen LogP contribution in [0.5, 0.6) is 0 Å². The molecular weight excluding hydrogens is 229 g/mol. The molecule has 0 saturated carbocycles. The van der Waals surface area contributed by atoms with Crippen LogP contribution < -0.4 is 5.32 Å². The van der Waals surface area contributed by atoms with E-state index in [0.29, 0.717) is 17.1 Å². The summed E-state index contributed by atoms with van der Waals surface area (Å²) in [6.07, 6.45) is 0. The summed E-state index contributed by atoms with van der Waals surface area (Å²) in [4.78, 5) is 6.27. The third-order valence-corrected chi connectivity index (χ3v) is 2.75. The van der Waals surface area contributed by atoms with Crippen molar-refractivity contribution in [2.24, 2.45) is 4.99 Å². The summed E-state index contributed by atoms with van der Waals surface area (Å²) in [5.41, 5.74) is 0.590. The van der Waals surface area contributed by atoms with Crippen molar-refractivity contribution in [2.45, 2.75) is 6.54 Å². The summed E-state index contributed by atoms with van der Waals surface area (Å²) in [6, 6.07) is 4.68. The average Bonchev–Trinajstić information content (AvgIpc) is 2.63. The molecule has 1 heterocycles. The number of rotatable bonds is 2. The fraction of sp³-hybridized carbons (Fsp3) is 0.364. The summed E-state index contributed by atoms with van der Waals surface area (Å²) in [5.74, 6) is 0.524. The largest absolute Gasteiger partial charge is 0.352 e. The standard InChI is InChI=1S/C11H13ClFN3/c1-16-5-4-14-11(16)15-7-8-2-3-9(12)6-10(8)13/h2-3,6H,4-5,7H2,1H3,(H,14,15). The van der Waals surface area contributed by atoms with Crippen LogP contribution in [-0.4, -0.2) is 31.0 Å². The van der Waals surface area contributed by atoms with Gasteiger partial charge in [0.1, 0.15) is 5.82 Å². The second kappa shape index (κ2) is 4.70. The molecule has 0 saturated heterocycles. The maximum absolute atomic E-state index is 13.4. The minimum absolute atomic E-state index is 0.291. The third kappa shape index (κ3) is 2.44. The van der Waals surface area contributed by atoms with Gasteiger partial charge < -0.3 is 10.2 Å². The number of nitrogens with one attached hydrogen (secondary N) is 1. The lowest BCUT2D eigenvalue weighted by molar-refractivity contribution is 0.530. The molecule has 86 valence electrons. The average molecular weight is 242 g/mol. The second-order valence-corrected chi connectivity index (χ2v) is 4.15. The molecule has 0 aliphatic carbocycles. The van der Waals surface area contributed by atoms with Gasteiger partial charge in [0.05, 0.1) is 6.54 Å². The first kappa shape index (κ1) is 11.2. The Morgan fingerprint density at radius 3 is 3.00 bits per heavy atom. The van der Waals surface area contributed by atoms with Gasteiger partial charge in [-0.05, 0) is 12.1 Å². The van der Waals surface area contributed by atoms with Crippen LogP contribution in [0.25, 0.3) is 0 Å². The zero-order chi connectivity index (χ0) is 11.5. The molecule has 1 aromatic carbocycles. The van der Waals surface area contributed by atoms with Crippen LogP contribution in [0.1, 0.15) is 5.56 Å². The molecule has 5 heteroatoms. The van der Waals surface area contributed by atoms with E-state index in [1.54, 1.807) is 12.1 Å². The van der Waals surface area contributed by atoms with Crippen LogP contribution in [0, 0.1) is 5.82 Å². The van der Waals surface area contributed by atoms with Gasteiger partial charge in [-0.25, -0.2) is 4.39 Å². The molecule has 1 N–H and O–H groups in total. The van der Waals surface area contributed by atoms with Crippen LogP contribution in [0.15, 0.2) is 23.2 Å². The van der Waals surface area contributed by atoms with Crippen LogP contribution in [-0.2, 0) is 6.54 Å². The first-order chi connectivity index (χ1) is 7.66. The van der Waals surface area contributed by atoms with Crippen molar-refractivity contribution in [3.05, 3.63) is 34.6 Å². The second-order valence-electron chi connectivity index (χ2n) is 3.72. The number of benzene rings is 1. The summed E-state index contributed by atoms with van der Waals surface area (Å²) in [6.45, 7) is 2.12. The van der Waals surface area contributed by atoms with E-state index in [9.17, 15) is 4.39 Å². The lowest BCUT2D eigenvalue weighted by Crippen LogP contribution is -2.35. The Bertz CT molecular complexity index is 420. The van der Waals surface area contributed by atoms with Gasteiger partial charge in [0.25, 0.3) is 0 Å². The lowest BCUT2D eigenvalue weighted by Gasteiger charge is -2.15. The molecule has 1 aliphatic heterocycles. The minimum atomic E-state index is -0.291. The fourth-order valence-electron chi connectivity index (χ4n) is 1.56. The van der Waals surface area contributed by atoms with Gasteiger partial charge in [-0.3, -0.25) is 4.99 Å². The van der Waals surface area contributed by atoms with Gasteiger partial charge in [-0.1, -0.05) is 17.7 Å². The Kier molecular flexibility index (Phi) is 3.29. The van der Waals surface area contributed by atoms with Gasteiger partial charge in [0, 0.05) is 30.7 Å². The first-order valence-corrected chi connectivity index (χ1v) is 5.48. The Labute approximate surface area is 98.9 Å². The Morgan fingerprint density at radius 1 is 1.56 bits per heavy atom. The van der Waals surface area contributed by atoms with E-state index in [-0.39, 0.29) is 5.82 Å². The number of hydrogen-bond acceptors (Lipinski definition) is 3. The first-order valence-electron chi connectivity index (χ1n) is 5.10. The number of nitrogens with zero attached hydrogens (tertiary/aromatic N) is 2. The number of hydrogen-bond donors (Lipinski definition) is 1. The summed E-state index contributed by atoms with van der Waals surface area (Å²) < 4.78 is 13.4. The molecule has 0 fully saturated rings. The SMILES string of the molecule is CN1CCN=C1NCc1ccc(Cl)cc1F. The van der Waals surface area contributed by atoms with Crippen molar-refractivity contribution in [2.75, 3.05) is 20.1 Å². The van der Waals surface area contributed by atoms with Crippen LogP contribution in [0.3, 0.4) is 0 Å². The molecule has 2 rings (SSSR count). The number of halogens is 2. The zero-order valence-electron chi connectivity index (χ0n) is 9.00.